The second-order valence-corrected chi connectivity index (χ2v) is 5.67. The third-order valence-electron chi connectivity index (χ3n) is 3.70. The van der Waals surface area contributed by atoms with Gasteiger partial charge in [-0.3, -0.25) is 0 Å². The lowest BCUT2D eigenvalue weighted by Crippen LogP contribution is -2.17. The van der Waals surface area contributed by atoms with Crippen molar-refractivity contribution in [1.29, 1.82) is 0 Å². The van der Waals surface area contributed by atoms with Gasteiger partial charge >= 0.3 is 0 Å². The van der Waals surface area contributed by atoms with Crippen LogP contribution >= 0.6 is 15.9 Å². The highest BCUT2D eigenvalue weighted by Gasteiger charge is 2.28. The van der Waals surface area contributed by atoms with Gasteiger partial charge in [-0.15, -0.1) is 0 Å². The minimum Gasteiger partial charge on any atom is -0.494 e. The first kappa shape index (κ1) is 13.8. The van der Waals surface area contributed by atoms with Crippen LogP contribution in [0.1, 0.15) is 43.8 Å². The Kier molecular flexibility index (Phi) is 4.62. The van der Waals surface area contributed by atoms with E-state index in [1.165, 1.54) is 13.5 Å². The van der Waals surface area contributed by atoms with E-state index in [-0.39, 0.29) is 11.7 Å². The van der Waals surface area contributed by atoms with Crippen molar-refractivity contribution in [2.45, 2.75) is 38.2 Å². The van der Waals surface area contributed by atoms with Gasteiger partial charge in [0, 0.05) is 10.0 Å². The van der Waals surface area contributed by atoms with Gasteiger partial charge < -0.3 is 9.84 Å². The first-order valence-electron chi connectivity index (χ1n) is 6.35. The van der Waals surface area contributed by atoms with E-state index in [0.717, 1.165) is 25.7 Å². The number of rotatable bonds is 3. The van der Waals surface area contributed by atoms with E-state index in [0.29, 0.717) is 10.0 Å². The zero-order valence-electron chi connectivity index (χ0n) is 10.5. The van der Waals surface area contributed by atoms with Crippen molar-refractivity contribution in [2.75, 3.05) is 7.11 Å². The van der Waals surface area contributed by atoms with Gasteiger partial charge in [-0.2, -0.15) is 0 Å². The molecule has 1 fully saturated rings. The third-order valence-corrected chi connectivity index (χ3v) is 4.39. The number of halogens is 2. The molecule has 100 valence electrons. The van der Waals surface area contributed by atoms with Gasteiger partial charge in [0.05, 0.1) is 13.2 Å². The van der Waals surface area contributed by atoms with Crippen molar-refractivity contribution in [3.63, 3.8) is 0 Å². The summed E-state index contributed by atoms with van der Waals surface area (Å²) in [5.41, 5.74) is 0.334. The number of ether oxygens (including phenoxy) is 1. The van der Waals surface area contributed by atoms with E-state index in [1.54, 1.807) is 12.1 Å². The average Bonchev–Trinajstić information content (AvgIpc) is 2.40. The molecule has 1 aliphatic rings. The molecule has 0 bridgehead atoms. The first-order valence-corrected chi connectivity index (χ1v) is 7.14. The maximum atomic E-state index is 14.2. The molecule has 1 aromatic carbocycles. The van der Waals surface area contributed by atoms with Crippen LogP contribution in [0.5, 0.6) is 5.75 Å². The van der Waals surface area contributed by atoms with Crippen molar-refractivity contribution in [3.05, 3.63) is 28.0 Å². The number of aliphatic hydroxyl groups excluding tert-OH is 1. The lowest BCUT2D eigenvalue weighted by atomic mass is 9.82. The normalized spacial score (nSPS) is 18.7. The van der Waals surface area contributed by atoms with Crippen LogP contribution < -0.4 is 4.74 Å². The molecule has 1 atom stereocenters. The minimum atomic E-state index is -0.755. The molecular formula is C14H18BrFO2. The van der Waals surface area contributed by atoms with Crippen molar-refractivity contribution in [1.82, 2.24) is 0 Å². The van der Waals surface area contributed by atoms with E-state index >= 15 is 0 Å². The zero-order chi connectivity index (χ0) is 13.1. The van der Waals surface area contributed by atoms with Crippen LogP contribution in [-0.2, 0) is 0 Å². The van der Waals surface area contributed by atoms with Crippen LogP contribution in [0.25, 0.3) is 0 Å². The molecule has 0 saturated heterocycles. The molecule has 0 heterocycles. The standard InChI is InChI=1S/C14H18BrFO2/c1-18-11-8-7-10(15)12(13(11)16)14(17)9-5-3-2-4-6-9/h7-9,14,17H,2-6H2,1H3. The summed E-state index contributed by atoms with van der Waals surface area (Å²) >= 11 is 3.32. The number of hydrogen-bond acceptors (Lipinski definition) is 2. The topological polar surface area (TPSA) is 29.5 Å². The molecule has 1 saturated carbocycles. The highest BCUT2D eigenvalue weighted by molar-refractivity contribution is 9.10. The second-order valence-electron chi connectivity index (χ2n) is 4.82. The molecule has 0 amide bonds. The number of hydrogen-bond donors (Lipinski definition) is 1. The van der Waals surface area contributed by atoms with E-state index in [4.69, 9.17) is 4.74 Å². The van der Waals surface area contributed by atoms with Crippen LogP contribution in [0, 0.1) is 11.7 Å². The Bertz CT molecular complexity index is 417. The maximum Gasteiger partial charge on any atom is 0.171 e. The largest absolute Gasteiger partial charge is 0.494 e. The Morgan fingerprint density at radius 2 is 2.00 bits per heavy atom. The smallest absolute Gasteiger partial charge is 0.171 e. The Hall–Kier alpha value is -0.610. The molecule has 4 heteroatoms. The van der Waals surface area contributed by atoms with E-state index < -0.39 is 11.9 Å². The zero-order valence-corrected chi connectivity index (χ0v) is 12.0. The summed E-state index contributed by atoms with van der Waals surface area (Å²) in [5, 5.41) is 10.4. The average molecular weight is 317 g/mol. The fourth-order valence-corrected chi connectivity index (χ4v) is 3.20. The van der Waals surface area contributed by atoms with Crippen LogP contribution in [0.3, 0.4) is 0 Å². The number of benzene rings is 1. The Labute approximate surface area is 115 Å². The van der Waals surface area contributed by atoms with Crippen LogP contribution in [0.15, 0.2) is 16.6 Å². The van der Waals surface area contributed by atoms with Gasteiger partial charge in [-0.05, 0) is 30.9 Å². The van der Waals surface area contributed by atoms with Crippen LogP contribution in [0.2, 0.25) is 0 Å². The highest BCUT2D eigenvalue weighted by atomic mass is 79.9. The Balaban J connectivity index is 2.30. The van der Waals surface area contributed by atoms with Crippen molar-refractivity contribution in [3.8, 4) is 5.75 Å². The fraction of sp³-hybridized carbons (Fsp3) is 0.571. The summed E-state index contributed by atoms with van der Waals surface area (Å²) in [6, 6.07) is 3.29. The van der Waals surface area contributed by atoms with Crippen molar-refractivity contribution < 1.29 is 14.2 Å². The molecule has 1 aromatic rings. The number of aliphatic hydroxyl groups is 1. The molecule has 0 aromatic heterocycles. The maximum absolute atomic E-state index is 14.2. The lowest BCUT2D eigenvalue weighted by Gasteiger charge is -2.28. The molecule has 2 nitrogen and oxygen atoms in total. The molecule has 1 N–H and O–H groups in total. The summed E-state index contributed by atoms with van der Waals surface area (Å²) in [6.45, 7) is 0. The molecule has 2 rings (SSSR count). The second kappa shape index (κ2) is 6.02. The molecule has 0 radical (unpaired) electrons. The third kappa shape index (κ3) is 2.69. The van der Waals surface area contributed by atoms with E-state index in [2.05, 4.69) is 15.9 Å². The molecule has 1 aliphatic carbocycles. The lowest BCUT2D eigenvalue weighted by molar-refractivity contribution is 0.0805. The van der Waals surface area contributed by atoms with Gasteiger partial charge in [-0.25, -0.2) is 4.39 Å². The molecule has 0 spiro atoms. The predicted octanol–water partition coefficient (Wildman–Crippen LogP) is 4.21. The monoisotopic (exact) mass is 316 g/mol. The predicted molar refractivity (Wildman–Crippen MR) is 72.2 cm³/mol. The molecular weight excluding hydrogens is 299 g/mol. The van der Waals surface area contributed by atoms with Crippen LogP contribution in [-0.4, -0.2) is 12.2 Å². The Morgan fingerprint density at radius 3 is 2.61 bits per heavy atom. The highest BCUT2D eigenvalue weighted by Crippen LogP contribution is 2.40. The summed E-state index contributed by atoms with van der Waals surface area (Å²) in [7, 11) is 1.43. The quantitative estimate of drug-likeness (QED) is 0.905. The Morgan fingerprint density at radius 1 is 1.33 bits per heavy atom. The van der Waals surface area contributed by atoms with E-state index in [9.17, 15) is 9.50 Å². The number of methoxy groups -OCH3 is 1. The van der Waals surface area contributed by atoms with Gasteiger partial charge in [0.1, 0.15) is 0 Å². The fourth-order valence-electron chi connectivity index (χ4n) is 2.66. The van der Waals surface area contributed by atoms with Gasteiger partial charge in [-0.1, -0.05) is 35.2 Å². The van der Waals surface area contributed by atoms with Crippen molar-refractivity contribution >= 4 is 15.9 Å². The summed E-state index contributed by atoms with van der Waals surface area (Å²) in [4.78, 5) is 0. The SMILES string of the molecule is COc1ccc(Br)c(C(O)C2CCCCC2)c1F. The molecule has 1 unspecified atom stereocenters. The molecule has 18 heavy (non-hydrogen) atoms. The van der Waals surface area contributed by atoms with Gasteiger partial charge in [0.15, 0.2) is 11.6 Å². The van der Waals surface area contributed by atoms with Gasteiger partial charge in [0.2, 0.25) is 0 Å². The minimum absolute atomic E-state index is 0.150. The summed E-state index contributed by atoms with van der Waals surface area (Å²) in [6.07, 6.45) is 4.62. The van der Waals surface area contributed by atoms with Crippen LogP contribution in [0.4, 0.5) is 4.39 Å². The molecule has 0 aliphatic heterocycles. The van der Waals surface area contributed by atoms with Gasteiger partial charge in [0.25, 0.3) is 0 Å². The van der Waals surface area contributed by atoms with Crippen molar-refractivity contribution in [2.24, 2.45) is 5.92 Å². The first-order chi connectivity index (χ1) is 8.65. The summed E-state index contributed by atoms with van der Waals surface area (Å²) in [5.74, 6) is -0.121. The summed E-state index contributed by atoms with van der Waals surface area (Å²) < 4.78 is 19.8. The van der Waals surface area contributed by atoms with E-state index in [1.807, 2.05) is 0 Å².